The van der Waals surface area contributed by atoms with Gasteiger partial charge in [-0.05, 0) is 37.6 Å². The van der Waals surface area contributed by atoms with E-state index in [9.17, 15) is 31.9 Å². The van der Waals surface area contributed by atoms with Crippen molar-refractivity contribution in [1.29, 1.82) is 0 Å². The molecule has 2 heterocycles. The van der Waals surface area contributed by atoms with E-state index in [2.05, 4.69) is 15.4 Å². The van der Waals surface area contributed by atoms with Crippen LogP contribution in [-0.2, 0) is 12.7 Å². The maximum atomic E-state index is 14.0. The number of aromatic nitrogens is 3. The fourth-order valence-corrected chi connectivity index (χ4v) is 3.99. The van der Waals surface area contributed by atoms with E-state index in [1.165, 1.54) is 19.9 Å². The predicted molar refractivity (Wildman–Crippen MR) is 131 cm³/mol. The van der Waals surface area contributed by atoms with Crippen molar-refractivity contribution in [2.24, 2.45) is 5.73 Å². The van der Waals surface area contributed by atoms with E-state index in [0.29, 0.717) is 11.1 Å². The first-order valence-corrected chi connectivity index (χ1v) is 11.3. The highest BCUT2D eigenvalue weighted by Gasteiger charge is 2.39. The summed E-state index contributed by atoms with van der Waals surface area (Å²) in [5.74, 6) is -3.20. The molecule has 2 aromatic carbocycles. The molecule has 0 fully saturated rings. The first kappa shape index (κ1) is 26.7. The van der Waals surface area contributed by atoms with Crippen LogP contribution in [0.25, 0.3) is 10.9 Å². The number of alkyl halides is 3. The van der Waals surface area contributed by atoms with Gasteiger partial charge in [-0.3, -0.25) is 19.1 Å². The maximum Gasteiger partial charge on any atom is 0.437 e. The van der Waals surface area contributed by atoms with Crippen molar-refractivity contribution in [2.75, 3.05) is 5.32 Å². The van der Waals surface area contributed by atoms with Crippen molar-refractivity contribution < 1.29 is 31.9 Å². The lowest BCUT2D eigenvalue weighted by atomic mass is 10.1. The number of anilines is 1. The Morgan fingerprint density at radius 3 is 2.47 bits per heavy atom. The number of carbonyl (C=O) groups is 3. The third-order valence-corrected chi connectivity index (χ3v) is 6.02. The summed E-state index contributed by atoms with van der Waals surface area (Å²) < 4.78 is 56.8. The van der Waals surface area contributed by atoms with Crippen molar-refractivity contribution in [1.82, 2.24) is 14.8 Å². The molecule has 38 heavy (non-hydrogen) atoms. The Kier molecular flexibility index (Phi) is 6.94. The Bertz CT molecular complexity index is 1630. The van der Waals surface area contributed by atoms with Crippen molar-refractivity contribution in [2.45, 2.75) is 26.6 Å². The number of benzene rings is 2. The van der Waals surface area contributed by atoms with Crippen molar-refractivity contribution in [3.05, 3.63) is 87.1 Å². The molecular weight excluding hydrogens is 530 g/mol. The van der Waals surface area contributed by atoms with E-state index in [4.69, 9.17) is 17.3 Å². The van der Waals surface area contributed by atoms with Crippen molar-refractivity contribution in [3.8, 4) is 0 Å². The molecule has 8 nitrogen and oxygen atoms in total. The normalized spacial score (nSPS) is 11.6. The Balaban J connectivity index is 1.79. The van der Waals surface area contributed by atoms with E-state index in [0.717, 1.165) is 22.9 Å². The summed E-state index contributed by atoms with van der Waals surface area (Å²) >= 11 is 5.84. The lowest BCUT2D eigenvalue weighted by molar-refractivity contribution is -0.140. The number of primary amides is 1. The summed E-state index contributed by atoms with van der Waals surface area (Å²) in [5, 5.41) is 5.50. The molecule has 4 rings (SSSR count). The molecule has 13 heteroatoms. The van der Waals surface area contributed by atoms with Crippen molar-refractivity contribution in [3.63, 3.8) is 0 Å². The summed E-state index contributed by atoms with van der Waals surface area (Å²) in [5.41, 5.74) is 3.29. The number of hydrogen-bond donors (Lipinski definition) is 2. The van der Waals surface area contributed by atoms with Gasteiger partial charge in [-0.15, -0.1) is 0 Å². The molecule has 0 atom stereocenters. The zero-order chi connectivity index (χ0) is 27.9. The van der Waals surface area contributed by atoms with E-state index < -0.39 is 40.9 Å². The van der Waals surface area contributed by atoms with Crippen LogP contribution >= 0.6 is 11.6 Å². The topological polar surface area (TPSA) is 120 Å². The van der Waals surface area contributed by atoms with Gasteiger partial charge >= 0.3 is 6.18 Å². The highest BCUT2D eigenvalue weighted by Crippen LogP contribution is 2.37. The van der Waals surface area contributed by atoms with Gasteiger partial charge in [0.1, 0.15) is 11.5 Å². The lowest BCUT2D eigenvalue weighted by Crippen LogP contribution is -2.19. The van der Waals surface area contributed by atoms with E-state index in [1.54, 1.807) is 18.2 Å². The monoisotopic (exact) mass is 547 g/mol. The van der Waals surface area contributed by atoms with Gasteiger partial charge in [-0.25, -0.2) is 9.37 Å². The molecule has 0 bridgehead atoms. The molecule has 2 amide bonds. The molecule has 0 aliphatic carbocycles. The third-order valence-electron chi connectivity index (χ3n) is 5.73. The Morgan fingerprint density at radius 2 is 1.84 bits per heavy atom. The summed E-state index contributed by atoms with van der Waals surface area (Å²) in [6, 6.07) is 9.25. The minimum Gasteiger partial charge on any atom is -0.364 e. The molecule has 0 saturated carbocycles. The van der Waals surface area contributed by atoms with E-state index in [-0.39, 0.29) is 39.5 Å². The molecule has 2 aromatic heterocycles. The molecule has 0 saturated heterocycles. The number of fused-ring (bicyclic) bond motifs is 1. The van der Waals surface area contributed by atoms with Gasteiger partial charge in [-0.2, -0.15) is 18.3 Å². The van der Waals surface area contributed by atoms with Crippen LogP contribution in [0, 0.1) is 12.7 Å². The van der Waals surface area contributed by atoms with Crippen LogP contribution < -0.4 is 11.1 Å². The molecule has 4 aromatic rings. The number of Topliss-reactive ketones (excluding diaryl/α,β-unsaturated/α-hetero) is 1. The quantitative estimate of drug-likeness (QED) is 0.255. The number of ketones is 1. The number of halogens is 5. The van der Waals surface area contributed by atoms with E-state index >= 15 is 0 Å². The number of amides is 2. The van der Waals surface area contributed by atoms with Crippen LogP contribution in [0.2, 0.25) is 5.02 Å². The van der Waals surface area contributed by atoms with Gasteiger partial charge in [0, 0.05) is 17.0 Å². The van der Waals surface area contributed by atoms with Gasteiger partial charge in [-0.1, -0.05) is 29.8 Å². The Labute approximate surface area is 217 Å². The molecule has 0 aliphatic heterocycles. The van der Waals surface area contributed by atoms with Crippen LogP contribution in [0.15, 0.2) is 42.5 Å². The predicted octanol–water partition coefficient (Wildman–Crippen LogP) is 5.15. The van der Waals surface area contributed by atoms with Gasteiger partial charge < -0.3 is 11.1 Å². The molecular formula is C25H18ClF4N5O3. The molecule has 0 aliphatic rings. The average Bonchev–Trinajstić information content (AvgIpc) is 3.14. The van der Waals surface area contributed by atoms with Crippen LogP contribution in [0.1, 0.15) is 55.1 Å². The standard InChI is InChI=1S/C25H18ClF4N5O3/c1-11-21(22(25(28,29)30)34-35(11)10-13-4-3-5-14(6-13)12(2)36)33-24(38)16-8-20(23(31)37)32-19-9-18(27)17(26)7-15(16)19/h3-9H,10H2,1-2H3,(H2,31,37)(H,33,38). The summed E-state index contributed by atoms with van der Waals surface area (Å²) in [6.07, 6.45) is -4.94. The number of rotatable bonds is 6. The summed E-state index contributed by atoms with van der Waals surface area (Å²) in [4.78, 5) is 40.6. The second kappa shape index (κ2) is 9.86. The maximum absolute atomic E-state index is 14.0. The zero-order valence-corrected chi connectivity index (χ0v) is 20.5. The Hall–Kier alpha value is -4.32. The second-order valence-corrected chi connectivity index (χ2v) is 8.79. The minimum atomic E-state index is -4.94. The molecule has 3 N–H and O–H groups in total. The smallest absolute Gasteiger partial charge is 0.364 e. The first-order chi connectivity index (χ1) is 17.8. The molecule has 196 valence electrons. The largest absolute Gasteiger partial charge is 0.437 e. The highest BCUT2D eigenvalue weighted by atomic mass is 35.5. The number of nitrogens with one attached hydrogen (secondary N) is 1. The average molecular weight is 548 g/mol. The van der Waals surface area contributed by atoms with Gasteiger partial charge in [0.05, 0.1) is 34.0 Å². The van der Waals surface area contributed by atoms with Crippen LogP contribution in [-0.4, -0.2) is 32.4 Å². The van der Waals surface area contributed by atoms with Crippen LogP contribution in [0.3, 0.4) is 0 Å². The highest BCUT2D eigenvalue weighted by molar-refractivity contribution is 6.31. The van der Waals surface area contributed by atoms with Gasteiger partial charge in [0.25, 0.3) is 11.8 Å². The third kappa shape index (κ3) is 5.21. The second-order valence-electron chi connectivity index (χ2n) is 8.38. The van der Waals surface area contributed by atoms with E-state index in [1.807, 2.05) is 0 Å². The van der Waals surface area contributed by atoms with Crippen LogP contribution in [0.5, 0.6) is 0 Å². The fourth-order valence-electron chi connectivity index (χ4n) is 3.83. The zero-order valence-electron chi connectivity index (χ0n) is 19.8. The number of nitrogens with zero attached hydrogens (tertiary/aromatic N) is 3. The minimum absolute atomic E-state index is 0.0152. The summed E-state index contributed by atoms with van der Waals surface area (Å²) in [6.45, 7) is 2.57. The van der Waals surface area contributed by atoms with Gasteiger partial charge in [0.15, 0.2) is 11.5 Å². The summed E-state index contributed by atoms with van der Waals surface area (Å²) in [7, 11) is 0. The number of nitrogens with two attached hydrogens (primary N) is 1. The van der Waals surface area contributed by atoms with Crippen LogP contribution in [0.4, 0.5) is 23.2 Å². The first-order valence-electron chi connectivity index (χ1n) is 10.9. The van der Waals surface area contributed by atoms with Gasteiger partial charge in [0.2, 0.25) is 0 Å². The molecule has 0 radical (unpaired) electrons. The lowest BCUT2D eigenvalue weighted by Gasteiger charge is -2.12. The SMILES string of the molecule is CC(=O)c1cccc(Cn2nc(C(F)(F)F)c(NC(=O)c3cc(C(N)=O)nc4cc(F)c(Cl)cc34)c2C)c1. The number of hydrogen-bond acceptors (Lipinski definition) is 5. The molecule has 0 spiro atoms. The Morgan fingerprint density at radius 1 is 1.13 bits per heavy atom. The number of carbonyl (C=O) groups excluding carboxylic acids is 3. The fraction of sp³-hybridized carbons (Fsp3) is 0.160. The number of pyridine rings is 1. The van der Waals surface area contributed by atoms with Crippen molar-refractivity contribution >= 4 is 45.8 Å². The molecule has 0 unspecified atom stereocenters.